The predicted molar refractivity (Wildman–Crippen MR) is 213 cm³/mol. The first kappa shape index (κ1) is 47.6. The number of aliphatic hydroxyl groups is 3. The van der Waals surface area contributed by atoms with Crippen LogP contribution in [0.3, 0.4) is 0 Å². The van der Waals surface area contributed by atoms with Crippen LogP contribution in [0.2, 0.25) is 0 Å². The first-order valence-corrected chi connectivity index (χ1v) is 21.3. The second-order valence-electron chi connectivity index (χ2n) is 14.5. The summed E-state index contributed by atoms with van der Waals surface area (Å²) < 4.78 is 0. The van der Waals surface area contributed by atoms with Gasteiger partial charge in [0.05, 0.1) is 18.8 Å². The number of hydrogen-bond acceptors (Lipinski definition) is 4. The highest BCUT2D eigenvalue weighted by Gasteiger charge is 2.22. The van der Waals surface area contributed by atoms with Crippen molar-refractivity contribution in [2.75, 3.05) is 6.61 Å². The van der Waals surface area contributed by atoms with Crippen LogP contribution >= 0.6 is 0 Å². The predicted octanol–water partition coefficient (Wildman–Crippen LogP) is 12.0. The lowest BCUT2D eigenvalue weighted by atomic mass is 10.0. The summed E-state index contributed by atoms with van der Waals surface area (Å²) in [4.78, 5) is 12.4. The summed E-state index contributed by atoms with van der Waals surface area (Å²) in [5.74, 6) is -0.524. The van der Waals surface area contributed by atoms with E-state index >= 15 is 0 Å². The molecule has 0 aliphatic rings. The lowest BCUT2D eigenvalue weighted by molar-refractivity contribution is -0.131. The molecule has 0 aromatic heterocycles. The van der Waals surface area contributed by atoms with Crippen molar-refractivity contribution in [3.05, 3.63) is 36.5 Å². The quantitative estimate of drug-likeness (QED) is 0.0384. The second kappa shape index (κ2) is 39.4. The molecule has 0 radical (unpaired) electrons. The second-order valence-corrected chi connectivity index (χ2v) is 14.5. The SMILES string of the molecule is CCCCC/C=C\CCCCCCC(O)C(=O)NC(CO)C(O)/C=C/CC/C=C/CCCCCCCCCCCCCCCCCCCC. The summed E-state index contributed by atoms with van der Waals surface area (Å²) in [6.07, 6.45) is 49.0. The number of carbonyl (C=O) groups excluding carboxylic acids is 1. The normalized spacial score (nSPS) is 14.0. The van der Waals surface area contributed by atoms with Gasteiger partial charge in [-0.15, -0.1) is 0 Å². The van der Waals surface area contributed by atoms with E-state index in [4.69, 9.17) is 0 Å². The van der Waals surface area contributed by atoms with E-state index < -0.39 is 24.2 Å². The molecule has 0 spiro atoms. The van der Waals surface area contributed by atoms with Gasteiger partial charge in [0.1, 0.15) is 6.10 Å². The molecule has 0 aliphatic heterocycles. The topological polar surface area (TPSA) is 89.8 Å². The monoisotopic (exact) mass is 690 g/mol. The standard InChI is InChI=1S/C44H83NO4/c1-3-5-7-9-11-13-15-16-17-18-19-20-21-22-23-24-25-26-27-29-30-32-34-36-38-42(47)41(40-46)45-44(49)43(48)39-37-35-33-31-28-14-12-10-8-6-4-2/h12,14,29-30,36,38,41-43,46-48H,3-11,13,15-28,31-35,37,39-40H2,1-2H3,(H,45,49)/b14-12-,30-29+,38-36+. The van der Waals surface area contributed by atoms with E-state index in [2.05, 4.69) is 43.5 Å². The van der Waals surface area contributed by atoms with Gasteiger partial charge in [-0.1, -0.05) is 192 Å². The number of unbranched alkanes of at least 4 members (excludes halogenated alkanes) is 26. The zero-order valence-corrected chi connectivity index (χ0v) is 32.6. The molecule has 3 atom stereocenters. The third-order valence-electron chi connectivity index (χ3n) is 9.70. The van der Waals surface area contributed by atoms with E-state index in [1.807, 2.05) is 6.08 Å². The Morgan fingerprint density at radius 1 is 0.490 bits per heavy atom. The average molecular weight is 690 g/mol. The van der Waals surface area contributed by atoms with Crippen LogP contribution in [0.1, 0.15) is 213 Å². The van der Waals surface area contributed by atoms with Crippen molar-refractivity contribution in [2.45, 2.75) is 231 Å². The van der Waals surface area contributed by atoms with Gasteiger partial charge >= 0.3 is 0 Å². The molecule has 0 aliphatic carbocycles. The fourth-order valence-electron chi connectivity index (χ4n) is 6.31. The lowest BCUT2D eigenvalue weighted by Crippen LogP contribution is -2.48. The minimum atomic E-state index is -1.11. The molecule has 4 N–H and O–H groups in total. The molecular weight excluding hydrogens is 606 g/mol. The van der Waals surface area contributed by atoms with Gasteiger partial charge in [-0.25, -0.2) is 0 Å². The summed E-state index contributed by atoms with van der Waals surface area (Å²) >= 11 is 0. The molecule has 0 heterocycles. The Hall–Kier alpha value is -1.43. The first-order valence-electron chi connectivity index (χ1n) is 21.3. The Balaban J connectivity index is 3.68. The van der Waals surface area contributed by atoms with Crippen molar-refractivity contribution in [1.29, 1.82) is 0 Å². The van der Waals surface area contributed by atoms with Crippen LogP contribution in [-0.2, 0) is 4.79 Å². The summed E-state index contributed by atoms with van der Waals surface area (Å²) in [6.45, 7) is 4.13. The highest BCUT2D eigenvalue weighted by Crippen LogP contribution is 2.15. The largest absolute Gasteiger partial charge is 0.394 e. The molecule has 5 nitrogen and oxygen atoms in total. The number of allylic oxidation sites excluding steroid dienone is 5. The van der Waals surface area contributed by atoms with Gasteiger partial charge < -0.3 is 20.6 Å². The Labute approximate surface area is 304 Å². The van der Waals surface area contributed by atoms with E-state index in [1.54, 1.807) is 6.08 Å². The van der Waals surface area contributed by atoms with E-state index in [-0.39, 0.29) is 6.61 Å². The van der Waals surface area contributed by atoms with Gasteiger partial charge in [-0.3, -0.25) is 4.79 Å². The Morgan fingerprint density at radius 2 is 0.837 bits per heavy atom. The average Bonchev–Trinajstić information content (AvgIpc) is 3.11. The van der Waals surface area contributed by atoms with Gasteiger partial charge in [0, 0.05) is 0 Å². The molecule has 0 aromatic rings. The third kappa shape index (κ3) is 34.8. The molecule has 5 heteroatoms. The number of aliphatic hydroxyl groups excluding tert-OH is 3. The maximum absolute atomic E-state index is 12.4. The van der Waals surface area contributed by atoms with Crippen LogP contribution in [-0.4, -0.2) is 46.1 Å². The van der Waals surface area contributed by atoms with Gasteiger partial charge in [-0.2, -0.15) is 0 Å². The van der Waals surface area contributed by atoms with Crippen LogP contribution in [0, 0.1) is 0 Å². The minimum Gasteiger partial charge on any atom is -0.394 e. The molecule has 0 rings (SSSR count). The number of rotatable bonds is 38. The van der Waals surface area contributed by atoms with Crippen molar-refractivity contribution >= 4 is 5.91 Å². The van der Waals surface area contributed by atoms with E-state index in [1.165, 1.54) is 141 Å². The molecule has 0 saturated carbocycles. The van der Waals surface area contributed by atoms with E-state index in [0.717, 1.165) is 51.4 Å². The maximum atomic E-state index is 12.4. The van der Waals surface area contributed by atoms with Gasteiger partial charge in [0.2, 0.25) is 5.91 Å². The van der Waals surface area contributed by atoms with Crippen molar-refractivity contribution < 1.29 is 20.1 Å². The highest BCUT2D eigenvalue weighted by molar-refractivity contribution is 5.80. The Morgan fingerprint density at radius 3 is 1.29 bits per heavy atom. The fraction of sp³-hybridized carbons (Fsp3) is 0.841. The molecule has 0 bridgehead atoms. The van der Waals surface area contributed by atoms with Crippen molar-refractivity contribution in [3.8, 4) is 0 Å². The van der Waals surface area contributed by atoms with Gasteiger partial charge in [0.15, 0.2) is 0 Å². The Kier molecular flexibility index (Phi) is 38.2. The summed E-state index contributed by atoms with van der Waals surface area (Å²) in [6, 6.07) is -0.817. The van der Waals surface area contributed by atoms with E-state index in [9.17, 15) is 20.1 Å². The van der Waals surface area contributed by atoms with Crippen LogP contribution in [0.5, 0.6) is 0 Å². The molecule has 3 unspecified atom stereocenters. The number of nitrogens with one attached hydrogen (secondary N) is 1. The summed E-state index contributed by atoms with van der Waals surface area (Å²) in [7, 11) is 0. The van der Waals surface area contributed by atoms with Crippen LogP contribution < -0.4 is 5.32 Å². The maximum Gasteiger partial charge on any atom is 0.249 e. The molecule has 1 amide bonds. The van der Waals surface area contributed by atoms with E-state index in [0.29, 0.717) is 6.42 Å². The molecule has 0 saturated heterocycles. The number of amides is 1. The van der Waals surface area contributed by atoms with Crippen LogP contribution in [0.15, 0.2) is 36.5 Å². The molecule has 49 heavy (non-hydrogen) atoms. The smallest absolute Gasteiger partial charge is 0.249 e. The zero-order valence-electron chi connectivity index (χ0n) is 32.6. The van der Waals surface area contributed by atoms with Gasteiger partial charge in [-0.05, 0) is 57.8 Å². The minimum absolute atomic E-state index is 0.380. The van der Waals surface area contributed by atoms with Crippen molar-refractivity contribution in [2.24, 2.45) is 0 Å². The Bertz CT molecular complexity index is 764. The summed E-state index contributed by atoms with van der Waals surface area (Å²) in [5, 5.41) is 33.0. The molecular formula is C44H83NO4. The number of carbonyl (C=O) groups is 1. The molecule has 0 fully saturated rings. The zero-order chi connectivity index (χ0) is 35.9. The summed E-state index contributed by atoms with van der Waals surface area (Å²) in [5.41, 5.74) is 0. The molecule has 288 valence electrons. The first-order chi connectivity index (χ1) is 24.1. The molecule has 0 aromatic carbocycles. The number of hydrogen-bond donors (Lipinski definition) is 4. The van der Waals surface area contributed by atoms with Gasteiger partial charge in [0.25, 0.3) is 0 Å². The lowest BCUT2D eigenvalue weighted by Gasteiger charge is -2.21. The van der Waals surface area contributed by atoms with Crippen molar-refractivity contribution in [1.82, 2.24) is 5.32 Å². The highest BCUT2D eigenvalue weighted by atomic mass is 16.3. The fourth-order valence-corrected chi connectivity index (χ4v) is 6.31. The third-order valence-corrected chi connectivity index (χ3v) is 9.70. The van der Waals surface area contributed by atoms with Crippen molar-refractivity contribution in [3.63, 3.8) is 0 Å². The van der Waals surface area contributed by atoms with Crippen LogP contribution in [0.4, 0.5) is 0 Å². The van der Waals surface area contributed by atoms with Crippen LogP contribution in [0.25, 0.3) is 0 Å².